The Morgan fingerprint density at radius 3 is 2.29 bits per heavy atom. The van der Waals surface area contributed by atoms with Crippen molar-refractivity contribution in [3.63, 3.8) is 0 Å². The maximum Gasteiger partial charge on any atom is 0.338 e. The van der Waals surface area contributed by atoms with Gasteiger partial charge in [0.1, 0.15) is 13.2 Å². The van der Waals surface area contributed by atoms with E-state index in [-0.39, 0.29) is 16.2 Å². The van der Waals surface area contributed by atoms with Gasteiger partial charge in [0, 0.05) is 42.8 Å². The molecule has 0 aliphatic carbocycles. The van der Waals surface area contributed by atoms with Crippen LogP contribution in [0.1, 0.15) is 32.1 Å². The van der Waals surface area contributed by atoms with Gasteiger partial charge in [0.05, 0.1) is 10.5 Å². The number of carbonyl (C=O) groups excluding carboxylic acids is 2. The summed E-state index contributed by atoms with van der Waals surface area (Å²) in [5.74, 6) is 0.264. The van der Waals surface area contributed by atoms with Gasteiger partial charge in [0.15, 0.2) is 18.1 Å². The Labute approximate surface area is 203 Å². The summed E-state index contributed by atoms with van der Waals surface area (Å²) < 4.78 is 43.8. The summed E-state index contributed by atoms with van der Waals surface area (Å²) in [6.45, 7) is 4.24. The van der Waals surface area contributed by atoms with E-state index in [1.807, 2.05) is 36.6 Å². The first-order valence-electron chi connectivity index (χ1n) is 10.9. The highest BCUT2D eigenvalue weighted by molar-refractivity contribution is 7.89. The molecule has 0 saturated carbocycles. The number of benzene rings is 2. The smallest absolute Gasteiger partial charge is 0.338 e. The fourth-order valence-corrected chi connectivity index (χ4v) is 4.78. The van der Waals surface area contributed by atoms with Crippen LogP contribution in [0.15, 0.2) is 53.4 Å². The number of nitrogens with zero attached hydrogens (tertiary/aromatic N) is 2. The standard InChI is InChI=1S/C25H26N2O7S/c1-16-13-21(17(2)27(16)19-7-10-23-24(14-19)33-12-11-32-23)22(28)15-34-25(29)18-5-8-20(9-6-18)35(30,31)26(3)4/h5-10,13-14H,11-12,15H2,1-4H3. The zero-order valence-electron chi connectivity index (χ0n) is 19.9. The van der Waals surface area contributed by atoms with Gasteiger partial charge in [-0.2, -0.15) is 0 Å². The lowest BCUT2D eigenvalue weighted by molar-refractivity contribution is 0.0474. The van der Waals surface area contributed by atoms with Crippen LogP contribution in [0.2, 0.25) is 0 Å². The van der Waals surface area contributed by atoms with Crippen LogP contribution in [0, 0.1) is 13.8 Å². The summed E-state index contributed by atoms with van der Waals surface area (Å²) in [4.78, 5) is 25.4. The number of Topliss-reactive ketones (excluding diaryl/α,β-unsaturated/α-hetero) is 1. The number of hydrogen-bond acceptors (Lipinski definition) is 7. The number of ether oxygens (including phenoxy) is 3. The van der Waals surface area contributed by atoms with Gasteiger partial charge >= 0.3 is 5.97 Å². The van der Waals surface area contributed by atoms with Crippen molar-refractivity contribution in [1.29, 1.82) is 0 Å². The Kier molecular flexibility index (Phi) is 6.68. The normalized spacial score (nSPS) is 13.1. The molecule has 1 aliphatic heterocycles. The summed E-state index contributed by atoms with van der Waals surface area (Å²) in [6, 6.07) is 12.7. The van der Waals surface area contributed by atoms with Gasteiger partial charge in [-0.1, -0.05) is 0 Å². The van der Waals surface area contributed by atoms with Gasteiger partial charge in [-0.05, 0) is 56.3 Å². The lowest BCUT2D eigenvalue weighted by atomic mass is 10.1. The van der Waals surface area contributed by atoms with Crippen LogP contribution in [-0.2, 0) is 14.8 Å². The summed E-state index contributed by atoms with van der Waals surface area (Å²) in [7, 11) is -0.757. The van der Waals surface area contributed by atoms with E-state index in [2.05, 4.69) is 0 Å². The molecule has 4 rings (SSSR count). The first-order valence-corrected chi connectivity index (χ1v) is 12.4. The minimum Gasteiger partial charge on any atom is -0.486 e. The second-order valence-electron chi connectivity index (χ2n) is 8.26. The van der Waals surface area contributed by atoms with Gasteiger partial charge < -0.3 is 18.8 Å². The van der Waals surface area contributed by atoms with Crippen molar-refractivity contribution in [2.75, 3.05) is 33.9 Å². The fraction of sp³-hybridized carbons (Fsp3) is 0.280. The maximum absolute atomic E-state index is 12.9. The first kappa shape index (κ1) is 24.5. The zero-order chi connectivity index (χ0) is 25.3. The monoisotopic (exact) mass is 498 g/mol. The zero-order valence-corrected chi connectivity index (χ0v) is 20.7. The predicted octanol–water partition coefficient (Wildman–Crippen LogP) is 3.16. The lowest BCUT2D eigenvalue weighted by Gasteiger charge is -2.20. The minimum atomic E-state index is -3.61. The van der Waals surface area contributed by atoms with Crippen molar-refractivity contribution in [2.24, 2.45) is 0 Å². The highest BCUT2D eigenvalue weighted by atomic mass is 32.2. The molecule has 0 saturated heterocycles. The van der Waals surface area contributed by atoms with Crippen LogP contribution < -0.4 is 9.47 Å². The molecule has 2 heterocycles. The number of ketones is 1. The van der Waals surface area contributed by atoms with Crippen LogP contribution >= 0.6 is 0 Å². The van der Waals surface area contributed by atoms with Crippen molar-refractivity contribution in [1.82, 2.24) is 8.87 Å². The molecule has 9 nitrogen and oxygen atoms in total. The molecule has 1 aliphatic rings. The van der Waals surface area contributed by atoms with Crippen LogP contribution in [0.3, 0.4) is 0 Å². The van der Waals surface area contributed by atoms with Crippen molar-refractivity contribution in [2.45, 2.75) is 18.7 Å². The fourth-order valence-electron chi connectivity index (χ4n) is 3.88. The number of rotatable bonds is 7. The van der Waals surface area contributed by atoms with Crippen molar-refractivity contribution >= 4 is 21.8 Å². The summed E-state index contributed by atoms with van der Waals surface area (Å²) in [6.07, 6.45) is 0. The molecule has 0 radical (unpaired) electrons. The van der Waals surface area contributed by atoms with E-state index in [0.717, 1.165) is 15.7 Å². The first-order chi connectivity index (χ1) is 16.6. The van der Waals surface area contributed by atoms with Crippen molar-refractivity contribution in [3.8, 4) is 17.2 Å². The Morgan fingerprint density at radius 2 is 1.63 bits per heavy atom. The van der Waals surface area contributed by atoms with Gasteiger partial charge in [-0.25, -0.2) is 17.5 Å². The van der Waals surface area contributed by atoms with Crippen LogP contribution in [-0.4, -0.2) is 63.0 Å². The third kappa shape index (κ3) is 4.80. The molecule has 0 bridgehead atoms. The van der Waals surface area contributed by atoms with Crippen molar-refractivity contribution < 1.29 is 32.2 Å². The quantitative estimate of drug-likeness (QED) is 0.364. The molecule has 0 N–H and O–H groups in total. The summed E-state index contributed by atoms with van der Waals surface area (Å²) >= 11 is 0. The predicted molar refractivity (Wildman–Crippen MR) is 128 cm³/mol. The van der Waals surface area contributed by atoms with E-state index in [1.54, 1.807) is 6.07 Å². The number of carbonyl (C=O) groups is 2. The number of aromatic nitrogens is 1. The molecule has 0 fully saturated rings. The largest absolute Gasteiger partial charge is 0.486 e. The van der Waals surface area contributed by atoms with Gasteiger partial charge in [0.25, 0.3) is 0 Å². The van der Waals surface area contributed by atoms with Crippen LogP contribution in [0.4, 0.5) is 0 Å². The lowest BCUT2D eigenvalue weighted by Crippen LogP contribution is -2.22. The van der Waals surface area contributed by atoms with Gasteiger partial charge in [0.2, 0.25) is 15.8 Å². The van der Waals surface area contributed by atoms with E-state index >= 15 is 0 Å². The second kappa shape index (κ2) is 9.55. The molecule has 10 heteroatoms. The summed E-state index contributed by atoms with van der Waals surface area (Å²) in [5, 5.41) is 0. The van der Waals surface area contributed by atoms with Crippen LogP contribution in [0.25, 0.3) is 5.69 Å². The molecule has 0 atom stereocenters. The van der Waals surface area contributed by atoms with E-state index < -0.39 is 22.6 Å². The number of aryl methyl sites for hydroxylation is 1. The van der Waals surface area contributed by atoms with Gasteiger partial charge in [-0.3, -0.25) is 4.79 Å². The van der Waals surface area contributed by atoms with E-state index in [9.17, 15) is 18.0 Å². The number of fused-ring (bicyclic) bond motifs is 1. The highest BCUT2D eigenvalue weighted by Gasteiger charge is 2.21. The third-order valence-electron chi connectivity index (χ3n) is 5.72. The number of esters is 1. The van der Waals surface area contributed by atoms with Gasteiger partial charge in [-0.15, -0.1) is 0 Å². The molecule has 2 aromatic carbocycles. The topological polar surface area (TPSA) is 104 Å². The average Bonchev–Trinajstić information content (AvgIpc) is 3.15. The second-order valence-corrected chi connectivity index (χ2v) is 10.4. The molecule has 184 valence electrons. The molecule has 1 aromatic heterocycles. The molecular weight excluding hydrogens is 472 g/mol. The average molecular weight is 499 g/mol. The maximum atomic E-state index is 12.9. The molecule has 0 spiro atoms. The molecule has 35 heavy (non-hydrogen) atoms. The van der Waals surface area contributed by atoms with Crippen molar-refractivity contribution in [3.05, 3.63) is 71.0 Å². The molecule has 0 unspecified atom stereocenters. The molecule has 0 amide bonds. The Morgan fingerprint density at radius 1 is 0.971 bits per heavy atom. The Balaban J connectivity index is 1.47. The highest BCUT2D eigenvalue weighted by Crippen LogP contribution is 2.33. The number of sulfonamides is 1. The molecule has 3 aromatic rings. The minimum absolute atomic E-state index is 0.0571. The molecular formula is C25H26N2O7S. The Bertz CT molecular complexity index is 1390. The van der Waals surface area contributed by atoms with Crippen LogP contribution in [0.5, 0.6) is 11.5 Å². The van der Waals surface area contributed by atoms with E-state index in [0.29, 0.717) is 36.0 Å². The Hall–Kier alpha value is -3.63. The number of hydrogen-bond donors (Lipinski definition) is 0. The van der Waals surface area contributed by atoms with E-state index in [4.69, 9.17) is 14.2 Å². The summed E-state index contributed by atoms with van der Waals surface area (Å²) in [5.41, 5.74) is 2.97. The van der Waals surface area contributed by atoms with E-state index in [1.165, 1.54) is 38.4 Å². The SMILES string of the molecule is Cc1cc(C(=O)COC(=O)c2ccc(S(=O)(=O)N(C)C)cc2)c(C)n1-c1ccc2c(c1)OCCO2. The third-order valence-corrected chi connectivity index (χ3v) is 7.55.